The zero-order valence-electron chi connectivity index (χ0n) is 22.0. The smallest absolute Gasteiger partial charge is 0.325 e. The third-order valence-corrected chi connectivity index (χ3v) is 5.93. The van der Waals surface area contributed by atoms with Gasteiger partial charge in [0.05, 0.1) is 25.5 Å². The summed E-state index contributed by atoms with van der Waals surface area (Å²) in [5, 5.41) is 19.4. The lowest BCUT2D eigenvalue weighted by Gasteiger charge is -2.26. The number of phenolic OH excluding ortho intramolecular Hbond substituents is 1. The van der Waals surface area contributed by atoms with Crippen LogP contribution < -0.4 is 15.4 Å². The van der Waals surface area contributed by atoms with E-state index >= 15 is 0 Å². The highest BCUT2D eigenvalue weighted by molar-refractivity contribution is 6.00. The summed E-state index contributed by atoms with van der Waals surface area (Å²) in [5.41, 5.74) is 1.47. The Morgan fingerprint density at radius 2 is 1.76 bits per heavy atom. The molecule has 1 saturated heterocycles. The molecule has 3 aromatic rings. The van der Waals surface area contributed by atoms with Gasteiger partial charge in [0, 0.05) is 42.2 Å². The van der Waals surface area contributed by atoms with Crippen LogP contribution in [0.4, 0.5) is 16.3 Å². The number of morpholine rings is 1. The highest BCUT2D eigenvalue weighted by Crippen LogP contribution is 2.26. The van der Waals surface area contributed by atoms with E-state index in [9.17, 15) is 9.90 Å². The number of carbonyl (C=O) groups is 1. The van der Waals surface area contributed by atoms with E-state index in [0.29, 0.717) is 23.7 Å². The largest absolute Gasteiger partial charge is 0.506 e. The molecule has 2 amide bonds. The Kier molecular flexibility index (Phi) is 8.89. The van der Waals surface area contributed by atoms with E-state index in [1.807, 2.05) is 45.0 Å². The van der Waals surface area contributed by atoms with Gasteiger partial charge in [0.2, 0.25) is 0 Å². The number of rotatable bonds is 7. The van der Waals surface area contributed by atoms with Crippen molar-refractivity contribution in [3.8, 4) is 23.3 Å². The Morgan fingerprint density at radius 1 is 1.05 bits per heavy atom. The van der Waals surface area contributed by atoms with Crippen molar-refractivity contribution in [2.75, 3.05) is 50.1 Å². The molecule has 38 heavy (non-hydrogen) atoms. The average molecular weight is 519 g/mol. The fourth-order valence-corrected chi connectivity index (χ4v) is 3.75. The minimum absolute atomic E-state index is 0.0942. The van der Waals surface area contributed by atoms with Crippen LogP contribution in [0.15, 0.2) is 53.1 Å². The summed E-state index contributed by atoms with van der Waals surface area (Å²) in [7, 11) is 0. The van der Waals surface area contributed by atoms with Gasteiger partial charge in [-0.1, -0.05) is 37.8 Å². The molecule has 4 rings (SSSR count). The van der Waals surface area contributed by atoms with Crippen molar-refractivity contribution in [3.05, 3.63) is 65.4 Å². The molecule has 0 radical (unpaired) electrons. The summed E-state index contributed by atoms with van der Waals surface area (Å²) < 4.78 is 16.5. The van der Waals surface area contributed by atoms with Crippen LogP contribution in [0.2, 0.25) is 0 Å². The molecule has 1 fully saturated rings. The molecule has 0 unspecified atom stereocenters. The normalized spacial score (nSPS) is 13.9. The van der Waals surface area contributed by atoms with Gasteiger partial charge in [-0.25, -0.2) is 4.79 Å². The first-order chi connectivity index (χ1) is 18.3. The second kappa shape index (κ2) is 12.5. The molecule has 9 heteroatoms. The van der Waals surface area contributed by atoms with E-state index in [-0.39, 0.29) is 16.9 Å². The Balaban J connectivity index is 1.25. The number of urea groups is 1. The Labute approximate surface area is 223 Å². The number of benzene rings is 2. The van der Waals surface area contributed by atoms with Gasteiger partial charge in [-0.3, -0.25) is 10.2 Å². The number of nitrogens with zero attached hydrogens (tertiary/aromatic N) is 2. The fourth-order valence-electron chi connectivity index (χ4n) is 3.75. The highest BCUT2D eigenvalue weighted by Gasteiger charge is 2.20. The topological polar surface area (TPSA) is 109 Å². The Morgan fingerprint density at radius 3 is 2.45 bits per heavy atom. The Bertz CT molecular complexity index is 1280. The molecular formula is C29H34N4O5. The number of phenols is 1. The van der Waals surface area contributed by atoms with E-state index in [1.54, 1.807) is 18.2 Å². The predicted octanol–water partition coefficient (Wildman–Crippen LogP) is 4.82. The van der Waals surface area contributed by atoms with Crippen LogP contribution in [-0.4, -0.2) is 60.6 Å². The molecule has 1 aliphatic heterocycles. The molecule has 0 spiro atoms. The second-order valence-corrected chi connectivity index (χ2v) is 10.1. The maximum absolute atomic E-state index is 12.3. The standard InChI is InChI=1S/C29H34N4O5/c1-29(2,3)26-20-27(32-38-26)31-28(35)30-24-12-9-22(19-25(24)34)6-5-21-7-10-23(11-8-21)37-16-4-13-33-14-17-36-18-15-33/h7-12,19-20,34H,4,13-18H2,1-3H3,(H2,30,31,32,35). The third-order valence-electron chi connectivity index (χ3n) is 5.93. The molecule has 1 aromatic heterocycles. The maximum Gasteiger partial charge on any atom is 0.325 e. The first-order valence-corrected chi connectivity index (χ1v) is 12.7. The summed E-state index contributed by atoms with van der Waals surface area (Å²) in [6.45, 7) is 11.2. The van der Waals surface area contributed by atoms with Gasteiger partial charge in [0.25, 0.3) is 0 Å². The van der Waals surface area contributed by atoms with Gasteiger partial charge in [0.15, 0.2) is 5.82 Å². The molecule has 2 heterocycles. The second-order valence-electron chi connectivity index (χ2n) is 10.1. The molecule has 9 nitrogen and oxygen atoms in total. The summed E-state index contributed by atoms with van der Waals surface area (Å²) in [6.07, 6.45) is 0.968. The molecule has 0 bridgehead atoms. The zero-order chi connectivity index (χ0) is 27.0. The molecule has 1 aliphatic rings. The SMILES string of the molecule is CC(C)(C)c1cc(NC(=O)Nc2ccc(C#Cc3ccc(OCCCN4CCOCC4)cc3)cc2O)no1. The van der Waals surface area contributed by atoms with Crippen LogP contribution in [0.3, 0.4) is 0 Å². The van der Waals surface area contributed by atoms with Crippen LogP contribution in [0.1, 0.15) is 44.1 Å². The quantitative estimate of drug-likeness (QED) is 0.234. The first kappa shape index (κ1) is 27.0. The van der Waals surface area contributed by atoms with Crippen molar-refractivity contribution in [2.24, 2.45) is 0 Å². The number of ether oxygens (including phenoxy) is 2. The summed E-state index contributed by atoms with van der Waals surface area (Å²) in [6, 6.07) is 13.6. The van der Waals surface area contributed by atoms with Gasteiger partial charge in [-0.15, -0.1) is 0 Å². The minimum atomic E-state index is -0.545. The summed E-state index contributed by atoms with van der Waals surface area (Å²) >= 11 is 0. The van der Waals surface area contributed by atoms with Gasteiger partial charge in [-0.05, 0) is 48.9 Å². The fraction of sp³-hybridized carbons (Fsp3) is 0.379. The first-order valence-electron chi connectivity index (χ1n) is 12.7. The van der Waals surface area contributed by atoms with E-state index in [0.717, 1.165) is 50.6 Å². The molecule has 2 aromatic carbocycles. The average Bonchev–Trinajstić information content (AvgIpc) is 3.37. The van der Waals surface area contributed by atoms with E-state index in [4.69, 9.17) is 14.0 Å². The lowest BCUT2D eigenvalue weighted by atomic mass is 9.93. The van der Waals surface area contributed by atoms with Crippen molar-refractivity contribution >= 4 is 17.5 Å². The molecule has 0 atom stereocenters. The lowest BCUT2D eigenvalue weighted by molar-refractivity contribution is 0.0358. The molecule has 200 valence electrons. The molecule has 0 aliphatic carbocycles. The molecule has 0 saturated carbocycles. The van der Waals surface area contributed by atoms with Crippen molar-refractivity contribution < 1.29 is 23.9 Å². The zero-order valence-corrected chi connectivity index (χ0v) is 22.0. The predicted molar refractivity (Wildman–Crippen MR) is 146 cm³/mol. The van der Waals surface area contributed by atoms with E-state index < -0.39 is 6.03 Å². The highest BCUT2D eigenvalue weighted by atomic mass is 16.5. The van der Waals surface area contributed by atoms with Crippen LogP contribution in [0.5, 0.6) is 11.5 Å². The van der Waals surface area contributed by atoms with Crippen LogP contribution in [0, 0.1) is 11.8 Å². The van der Waals surface area contributed by atoms with Crippen LogP contribution in [0.25, 0.3) is 0 Å². The minimum Gasteiger partial charge on any atom is -0.506 e. The number of anilines is 2. The maximum atomic E-state index is 12.3. The number of aromatic hydroxyl groups is 1. The van der Waals surface area contributed by atoms with Crippen molar-refractivity contribution in [3.63, 3.8) is 0 Å². The molecular weight excluding hydrogens is 484 g/mol. The van der Waals surface area contributed by atoms with Gasteiger partial charge in [-0.2, -0.15) is 0 Å². The van der Waals surface area contributed by atoms with E-state index in [1.165, 1.54) is 6.07 Å². The third kappa shape index (κ3) is 8.00. The number of hydrogen-bond acceptors (Lipinski definition) is 7. The van der Waals surface area contributed by atoms with Crippen LogP contribution >= 0.6 is 0 Å². The van der Waals surface area contributed by atoms with Gasteiger partial charge < -0.3 is 24.4 Å². The number of nitrogens with one attached hydrogen (secondary N) is 2. The van der Waals surface area contributed by atoms with Gasteiger partial charge in [0.1, 0.15) is 17.3 Å². The monoisotopic (exact) mass is 518 g/mol. The summed E-state index contributed by atoms with van der Waals surface area (Å²) in [5.74, 6) is 7.77. The van der Waals surface area contributed by atoms with Crippen molar-refractivity contribution in [1.29, 1.82) is 0 Å². The number of aromatic nitrogens is 1. The number of carbonyl (C=O) groups excluding carboxylic acids is 1. The van der Waals surface area contributed by atoms with Gasteiger partial charge >= 0.3 is 6.03 Å². The number of hydrogen-bond donors (Lipinski definition) is 3. The number of amides is 2. The lowest BCUT2D eigenvalue weighted by Crippen LogP contribution is -2.37. The van der Waals surface area contributed by atoms with Crippen molar-refractivity contribution in [2.45, 2.75) is 32.6 Å². The van der Waals surface area contributed by atoms with Crippen LogP contribution in [-0.2, 0) is 10.2 Å². The van der Waals surface area contributed by atoms with E-state index in [2.05, 4.69) is 32.5 Å². The van der Waals surface area contributed by atoms with Crippen molar-refractivity contribution in [1.82, 2.24) is 10.1 Å². The summed E-state index contributed by atoms with van der Waals surface area (Å²) in [4.78, 5) is 14.7. The molecule has 3 N–H and O–H groups in total. The Hall–Kier alpha value is -4.00.